The average Bonchev–Trinajstić information content (AvgIpc) is 2.68. The van der Waals surface area contributed by atoms with E-state index in [4.69, 9.17) is 16.3 Å². The summed E-state index contributed by atoms with van der Waals surface area (Å²) in [6.07, 6.45) is 1.80. The van der Waals surface area contributed by atoms with Crippen LogP contribution >= 0.6 is 11.6 Å². The van der Waals surface area contributed by atoms with Gasteiger partial charge in [0.1, 0.15) is 5.82 Å². The molecule has 1 heterocycles. The first-order valence-electron chi connectivity index (χ1n) is 6.27. The number of alkyl halides is 1. The fourth-order valence-corrected chi connectivity index (χ4v) is 2.34. The van der Waals surface area contributed by atoms with Crippen molar-refractivity contribution >= 4 is 22.6 Å². The van der Waals surface area contributed by atoms with E-state index < -0.39 is 0 Å². The molecule has 0 saturated carbocycles. The van der Waals surface area contributed by atoms with Crippen molar-refractivity contribution in [1.82, 2.24) is 9.55 Å². The van der Waals surface area contributed by atoms with Gasteiger partial charge in [-0.15, -0.1) is 11.6 Å². The molecule has 1 aromatic carbocycles. The van der Waals surface area contributed by atoms with Crippen LogP contribution in [0, 0.1) is 6.92 Å². The van der Waals surface area contributed by atoms with Crippen LogP contribution in [0.3, 0.4) is 0 Å². The molecule has 3 nitrogen and oxygen atoms in total. The van der Waals surface area contributed by atoms with Crippen molar-refractivity contribution in [2.24, 2.45) is 0 Å². The Morgan fingerprint density at radius 2 is 2.22 bits per heavy atom. The molecular weight excluding hydrogens is 248 g/mol. The molecule has 2 aromatic rings. The maximum Gasteiger partial charge on any atom is 0.111 e. The van der Waals surface area contributed by atoms with Gasteiger partial charge < -0.3 is 9.30 Å². The van der Waals surface area contributed by atoms with Gasteiger partial charge in [0.25, 0.3) is 0 Å². The van der Waals surface area contributed by atoms with E-state index in [2.05, 4.69) is 34.7 Å². The lowest BCUT2D eigenvalue weighted by Crippen LogP contribution is -2.06. The van der Waals surface area contributed by atoms with Crippen LogP contribution in [0.15, 0.2) is 18.2 Å². The summed E-state index contributed by atoms with van der Waals surface area (Å²) in [7, 11) is 1.73. The number of ether oxygens (including phenoxy) is 1. The van der Waals surface area contributed by atoms with Crippen molar-refractivity contribution in [3.8, 4) is 0 Å². The van der Waals surface area contributed by atoms with Gasteiger partial charge in [-0.3, -0.25) is 0 Å². The van der Waals surface area contributed by atoms with Gasteiger partial charge in [0.05, 0.1) is 11.0 Å². The summed E-state index contributed by atoms with van der Waals surface area (Å²) in [5, 5.41) is 0. The number of aromatic nitrogens is 2. The zero-order valence-electron chi connectivity index (χ0n) is 10.9. The van der Waals surface area contributed by atoms with Crippen molar-refractivity contribution in [3.63, 3.8) is 0 Å². The van der Waals surface area contributed by atoms with Crippen molar-refractivity contribution < 1.29 is 4.74 Å². The van der Waals surface area contributed by atoms with Gasteiger partial charge in [-0.1, -0.05) is 6.07 Å². The smallest absolute Gasteiger partial charge is 0.111 e. The van der Waals surface area contributed by atoms with Crippen molar-refractivity contribution in [2.45, 2.75) is 26.3 Å². The highest BCUT2D eigenvalue weighted by Crippen LogP contribution is 2.19. The first-order valence-corrected chi connectivity index (χ1v) is 6.80. The molecule has 0 fully saturated rings. The van der Waals surface area contributed by atoms with Gasteiger partial charge in [0, 0.05) is 32.6 Å². The first kappa shape index (κ1) is 13.4. The SMILES string of the molecule is COCCCn1c(CCCl)nc2ccc(C)cc21. The van der Waals surface area contributed by atoms with Crippen LogP contribution in [-0.4, -0.2) is 29.1 Å². The zero-order chi connectivity index (χ0) is 13.0. The third-order valence-corrected chi connectivity index (χ3v) is 3.22. The van der Waals surface area contributed by atoms with Crippen molar-refractivity contribution in [1.29, 1.82) is 0 Å². The van der Waals surface area contributed by atoms with E-state index in [1.165, 1.54) is 11.1 Å². The Kier molecular flexibility index (Phi) is 4.61. The van der Waals surface area contributed by atoms with E-state index in [-0.39, 0.29) is 0 Å². The summed E-state index contributed by atoms with van der Waals surface area (Å²) in [5.41, 5.74) is 3.51. The molecule has 98 valence electrons. The minimum Gasteiger partial charge on any atom is -0.385 e. The van der Waals surface area contributed by atoms with Gasteiger partial charge in [-0.25, -0.2) is 4.98 Å². The van der Waals surface area contributed by atoms with E-state index in [9.17, 15) is 0 Å². The highest BCUT2D eigenvalue weighted by Gasteiger charge is 2.10. The minimum absolute atomic E-state index is 0.604. The molecule has 0 spiro atoms. The Balaban J connectivity index is 2.36. The van der Waals surface area contributed by atoms with E-state index >= 15 is 0 Å². The minimum atomic E-state index is 0.604. The summed E-state index contributed by atoms with van der Waals surface area (Å²) >= 11 is 5.85. The Bertz CT molecular complexity index is 522. The summed E-state index contributed by atoms with van der Waals surface area (Å²) in [6.45, 7) is 3.80. The van der Waals surface area contributed by atoms with Gasteiger partial charge in [-0.2, -0.15) is 0 Å². The monoisotopic (exact) mass is 266 g/mol. The lowest BCUT2D eigenvalue weighted by atomic mass is 10.2. The molecule has 0 amide bonds. The number of halogens is 1. The Morgan fingerprint density at radius 1 is 1.39 bits per heavy atom. The Labute approximate surface area is 113 Å². The second-order valence-electron chi connectivity index (χ2n) is 4.46. The number of hydrogen-bond donors (Lipinski definition) is 0. The number of imidazole rings is 1. The van der Waals surface area contributed by atoms with E-state index in [1.54, 1.807) is 7.11 Å². The van der Waals surface area contributed by atoms with Crippen molar-refractivity contribution in [3.05, 3.63) is 29.6 Å². The molecule has 0 radical (unpaired) electrons. The Morgan fingerprint density at radius 3 is 2.94 bits per heavy atom. The second kappa shape index (κ2) is 6.21. The summed E-state index contributed by atoms with van der Waals surface area (Å²) in [6, 6.07) is 6.36. The fraction of sp³-hybridized carbons (Fsp3) is 0.500. The van der Waals surface area contributed by atoms with Crippen LogP contribution < -0.4 is 0 Å². The van der Waals surface area contributed by atoms with Crippen molar-refractivity contribution in [2.75, 3.05) is 19.6 Å². The maximum absolute atomic E-state index is 5.85. The Hall–Kier alpha value is -1.06. The highest BCUT2D eigenvalue weighted by molar-refractivity contribution is 6.17. The van der Waals surface area contributed by atoms with Crippen LogP contribution in [0.2, 0.25) is 0 Å². The molecule has 1 aromatic heterocycles. The molecule has 0 bridgehead atoms. The zero-order valence-corrected chi connectivity index (χ0v) is 11.7. The number of fused-ring (bicyclic) bond motifs is 1. The molecule has 18 heavy (non-hydrogen) atoms. The van der Waals surface area contributed by atoms with E-state index in [1.807, 2.05) is 0 Å². The standard InChI is InChI=1S/C14H19ClN2O/c1-11-4-5-12-13(10-11)17(8-3-9-18-2)14(16-12)6-7-15/h4-5,10H,3,6-9H2,1-2H3. The predicted molar refractivity (Wildman–Crippen MR) is 75.4 cm³/mol. The third kappa shape index (κ3) is 2.85. The summed E-state index contributed by atoms with van der Waals surface area (Å²) in [5.74, 6) is 1.67. The predicted octanol–water partition coefficient (Wildman–Crippen LogP) is 3.16. The quantitative estimate of drug-likeness (QED) is 0.593. The average molecular weight is 267 g/mol. The number of aryl methyl sites for hydroxylation is 3. The molecule has 0 aliphatic heterocycles. The van der Waals surface area contributed by atoms with Crippen LogP contribution in [0.5, 0.6) is 0 Å². The van der Waals surface area contributed by atoms with Crippen LogP contribution in [0.25, 0.3) is 11.0 Å². The topological polar surface area (TPSA) is 27.1 Å². The van der Waals surface area contributed by atoms with Crippen LogP contribution in [0.1, 0.15) is 17.8 Å². The number of methoxy groups -OCH3 is 1. The molecule has 0 unspecified atom stereocenters. The fourth-order valence-electron chi connectivity index (χ4n) is 2.17. The molecule has 4 heteroatoms. The van der Waals surface area contributed by atoms with Crippen LogP contribution in [0.4, 0.5) is 0 Å². The van der Waals surface area contributed by atoms with Gasteiger partial charge in [-0.05, 0) is 31.0 Å². The van der Waals surface area contributed by atoms with E-state index in [0.29, 0.717) is 5.88 Å². The molecule has 0 aliphatic rings. The lowest BCUT2D eigenvalue weighted by Gasteiger charge is -2.08. The first-order chi connectivity index (χ1) is 8.76. The van der Waals surface area contributed by atoms with E-state index in [0.717, 1.165) is 37.3 Å². The lowest BCUT2D eigenvalue weighted by molar-refractivity contribution is 0.190. The molecule has 0 aliphatic carbocycles. The van der Waals surface area contributed by atoms with Gasteiger partial charge in [0.2, 0.25) is 0 Å². The largest absolute Gasteiger partial charge is 0.385 e. The number of rotatable bonds is 6. The summed E-state index contributed by atoms with van der Waals surface area (Å²) in [4.78, 5) is 4.66. The van der Waals surface area contributed by atoms with Crippen LogP contribution in [-0.2, 0) is 17.7 Å². The highest BCUT2D eigenvalue weighted by atomic mass is 35.5. The maximum atomic E-state index is 5.85. The number of benzene rings is 1. The molecule has 0 saturated heterocycles. The normalized spacial score (nSPS) is 11.3. The molecule has 0 N–H and O–H groups in total. The summed E-state index contributed by atoms with van der Waals surface area (Å²) < 4.78 is 7.38. The molecule has 2 rings (SSSR count). The molecular formula is C14H19ClN2O. The molecule has 0 atom stereocenters. The van der Waals surface area contributed by atoms with Gasteiger partial charge in [0.15, 0.2) is 0 Å². The second-order valence-corrected chi connectivity index (χ2v) is 4.84. The third-order valence-electron chi connectivity index (χ3n) is 3.03. The number of hydrogen-bond acceptors (Lipinski definition) is 2. The van der Waals surface area contributed by atoms with Gasteiger partial charge >= 0.3 is 0 Å². The number of nitrogens with zero attached hydrogens (tertiary/aromatic N) is 2.